The van der Waals surface area contributed by atoms with E-state index in [0.717, 1.165) is 6.07 Å². The molecule has 0 aromatic heterocycles. The second-order valence-electron chi connectivity index (χ2n) is 5.02. The van der Waals surface area contributed by atoms with Crippen LogP contribution in [-0.2, 0) is 14.8 Å². The number of sulfonamides is 1. The zero-order valence-electron chi connectivity index (χ0n) is 12.0. The summed E-state index contributed by atoms with van der Waals surface area (Å²) in [6.07, 6.45) is 0.449. The summed E-state index contributed by atoms with van der Waals surface area (Å²) >= 11 is 0. The lowest BCUT2D eigenvalue weighted by Crippen LogP contribution is -2.26. The number of benzene rings is 1. The van der Waals surface area contributed by atoms with Gasteiger partial charge in [0, 0.05) is 25.8 Å². The molecule has 8 heteroatoms. The summed E-state index contributed by atoms with van der Waals surface area (Å²) in [6.45, 7) is 5.09. The molecule has 1 aromatic rings. The number of rotatable bonds is 8. The summed E-state index contributed by atoms with van der Waals surface area (Å²) in [6, 6.07) is 1.22. The number of hydrogen-bond donors (Lipinski definition) is 2. The number of ether oxygens (including phenoxy) is 1. The molecule has 0 amide bonds. The largest absolute Gasteiger partial charge is 0.396 e. The van der Waals surface area contributed by atoms with Gasteiger partial charge in [-0.2, -0.15) is 0 Å². The van der Waals surface area contributed by atoms with Crippen molar-refractivity contribution in [3.05, 3.63) is 23.8 Å². The fourth-order valence-corrected chi connectivity index (χ4v) is 2.69. The van der Waals surface area contributed by atoms with Crippen LogP contribution < -0.4 is 10.5 Å². The van der Waals surface area contributed by atoms with Gasteiger partial charge in [-0.15, -0.1) is 0 Å². The third-order valence-corrected chi connectivity index (χ3v) is 4.03. The molecular formula is C13H20F2N2O3S. The van der Waals surface area contributed by atoms with Crippen molar-refractivity contribution in [3.8, 4) is 0 Å². The number of anilines is 1. The van der Waals surface area contributed by atoms with Crippen LogP contribution in [0.1, 0.15) is 20.3 Å². The van der Waals surface area contributed by atoms with Gasteiger partial charge >= 0.3 is 0 Å². The molecule has 0 spiro atoms. The Labute approximate surface area is 123 Å². The Morgan fingerprint density at radius 1 is 1.29 bits per heavy atom. The van der Waals surface area contributed by atoms with Crippen LogP contribution in [0.4, 0.5) is 14.5 Å². The third kappa shape index (κ3) is 5.56. The molecule has 1 rings (SSSR count). The molecule has 120 valence electrons. The Morgan fingerprint density at radius 2 is 1.95 bits per heavy atom. The van der Waals surface area contributed by atoms with Crippen LogP contribution in [0.25, 0.3) is 0 Å². The Kier molecular flexibility index (Phi) is 6.50. The van der Waals surface area contributed by atoms with E-state index in [9.17, 15) is 17.2 Å². The highest BCUT2D eigenvalue weighted by atomic mass is 32.2. The Bertz CT molecular complexity index is 577. The van der Waals surface area contributed by atoms with Gasteiger partial charge in [0.15, 0.2) is 0 Å². The topological polar surface area (TPSA) is 81.4 Å². The van der Waals surface area contributed by atoms with E-state index in [2.05, 4.69) is 4.72 Å². The highest BCUT2D eigenvalue weighted by Gasteiger charge is 2.20. The number of nitrogens with one attached hydrogen (secondary N) is 1. The van der Waals surface area contributed by atoms with E-state index in [-0.39, 0.29) is 6.54 Å². The molecule has 0 heterocycles. The molecule has 0 atom stereocenters. The van der Waals surface area contributed by atoms with Crippen molar-refractivity contribution in [2.24, 2.45) is 5.92 Å². The van der Waals surface area contributed by atoms with Crippen molar-refractivity contribution < 1.29 is 21.9 Å². The van der Waals surface area contributed by atoms with Gasteiger partial charge in [0.05, 0.1) is 5.69 Å². The van der Waals surface area contributed by atoms with Crippen molar-refractivity contribution in [2.45, 2.75) is 25.2 Å². The molecule has 3 N–H and O–H groups in total. The molecule has 0 aliphatic heterocycles. The fraction of sp³-hybridized carbons (Fsp3) is 0.538. The minimum absolute atomic E-state index is 0.0944. The normalized spacial score (nSPS) is 12.0. The van der Waals surface area contributed by atoms with Gasteiger partial charge in [-0.1, -0.05) is 13.8 Å². The van der Waals surface area contributed by atoms with Gasteiger partial charge in [0.25, 0.3) is 0 Å². The average molecular weight is 322 g/mol. The van der Waals surface area contributed by atoms with Crippen LogP contribution in [-0.4, -0.2) is 28.2 Å². The third-order valence-electron chi connectivity index (χ3n) is 2.55. The van der Waals surface area contributed by atoms with Gasteiger partial charge in [0.1, 0.15) is 16.5 Å². The maximum absolute atomic E-state index is 13.5. The molecule has 0 saturated heterocycles. The van der Waals surface area contributed by atoms with E-state index >= 15 is 0 Å². The summed E-state index contributed by atoms with van der Waals surface area (Å²) in [5, 5.41) is 0. The molecule has 0 aliphatic carbocycles. The quantitative estimate of drug-likeness (QED) is 0.566. The maximum Gasteiger partial charge on any atom is 0.243 e. The van der Waals surface area contributed by atoms with E-state index < -0.39 is 32.2 Å². The smallest absolute Gasteiger partial charge is 0.243 e. The minimum Gasteiger partial charge on any atom is -0.396 e. The zero-order valence-corrected chi connectivity index (χ0v) is 12.8. The van der Waals surface area contributed by atoms with Gasteiger partial charge in [-0.25, -0.2) is 21.9 Å². The average Bonchev–Trinajstić information content (AvgIpc) is 2.37. The number of nitrogen functional groups attached to an aromatic ring is 1. The minimum atomic E-state index is -4.06. The number of nitrogens with two attached hydrogens (primary N) is 1. The van der Waals surface area contributed by atoms with Gasteiger partial charge < -0.3 is 10.5 Å². The molecule has 0 fully saturated rings. The SMILES string of the molecule is CC(C)COCCCNS(=O)(=O)c1cc(N)c(F)cc1F. The Balaban J connectivity index is 2.56. The summed E-state index contributed by atoms with van der Waals surface area (Å²) < 4.78 is 57.8. The number of hydrogen-bond acceptors (Lipinski definition) is 4. The highest BCUT2D eigenvalue weighted by Crippen LogP contribution is 2.20. The van der Waals surface area contributed by atoms with Gasteiger partial charge in [-0.05, 0) is 18.4 Å². The van der Waals surface area contributed by atoms with Crippen LogP contribution >= 0.6 is 0 Å². The van der Waals surface area contributed by atoms with E-state index in [0.29, 0.717) is 31.6 Å². The van der Waals surface area contributed by atoms with E-state index in [1.54, 1.807) is 0 Å². The van der Waals surface area contributed by atoms with Crippen LogP contribution in [0.5, 0.6) is 0 Å². The second kappa shape index (κ2) is 7.67. The van der Waals surface area contributed by atoms with Gasteiger partial charge in [0.2, 0.25) is 10.0 Å². The van der Waals surface area contributed by atoms with Crippen LogP contribution in [0.15, 0.2) is 17.0 Å². The first-order chi connectivity index (χ1) is 9.74. The fourth-order valence-electron chi connectivity index (χ4n) is 1.53. The predicted octanol–water partition coefficient (Wildman–Crippen LogP) is 1.89. The number of halogens is 2. The molecule has 0 aliphatic rings. The molecule has 0 bridgehead atoms. The van der Waals surface area contributed by atoms with Crippen molar-refractivity contribution in [1.82, 2.24) is 4.72 Å². The van der Waals surface area contributed by atoms with Crippen molar-refractivity contribution in [1.29, 1.82) is 0 Å². The molecule has 1 aromatic carbocycles. The zero-order chi connectivity index (χ0) is 16.0. The summed E-state index contributed by atoms with van der Waals surface area (Å²) in [5.41, 5.74) is 4.84. The Hall–Kier alpha value is -1.25. The lowest BCUT2D eigenvalue weighted by Gasteiger charge is -2.10. The second-order valence-corrected chi connectivity index (χ2v) is 6.76. The molecule has 5 nitrogen and oxygen atoms in total. The van der Waals surface area contributed by atoms with E-state index in [1.165, 1.54) is 0 Å². The molecule has 0 saturated carbocycles. The maximum atomic E-state index is 13.5. The standard InChI is InChI=1S/C13H20F2N2O3S/c1-9(2)8-20-5-3-4-17-21(18,19)13-7-12(16)10(14)6-11(13)15/h6-7,9,17H,3-5,8,16H2,1-2H3. The molecule has 0 radical (unpaired) electrons. The predicted molar refractivity (Wildman–Crippen MR) is 76.2 cm³/mol. The van der Waals surface area contributed by atoms with Crippen LogP contribution in [0, 0.1) is 17.6 Å². The Morgan fingerprint density at radius 3 is 2.57 bits per heavy atom. The van der Waals surface area contributed by atoms with Crippen molar-refractivity contribution in [2.75, 3.05) is 25.5 Å². The highest BCUT2D eigenvalue weighted by molar-refractivity contribution is 7.89. The first-order valence-corrected chi connectivity index (χ1v) is 8.04. The summed E-state index contributed by atoms with van der Waals surface area (Å²) in [5.74, 6) is -1.77. The van der Waals surface area contributed by atoms with Crippen LogP contribution in [0.3, 0.4) is 0 Å². The first-order valence-electron chi connectivity index (χ1n) is 6.56. The van der Waals surface area contributed by atoms with Crippen molar-refractivity contribution in [3.63, 3.8) is 0 Å². The van der Waals surface area contributed by atoms with Gasteiger partial charge in [-0.3, -0.25) is 0 Å². The summed E-state index contributed by atoms with van der Waals surface area (Å²) in [7, 11) is -4.06. The lowest BCUT2D eigenvalue weighted by molar-refractivity contribution is 0.108. The molecular weight excluding hydrogens is 302 g/mol. The van der Waals surface area contributed by atoms with E-state index in [1.807, 2.05) is 13.8 Å². The first kappa shape index (κ1) is 17.8. The monoisotopic (exact) mass is 322 g/mol. The van der Waals surface area contributed by atoms with E-state index in [4.69, 9.17) is 10.5 Å². The summed E-state index contributed by atoms with van der Waals surface area (Å²) in [4.78, 5) is -0.663. The van der Waals surface area contributed by atoms with Crippen LogP contribution in [0.2, 0.25) is 0 Å². The molecule has 0 unspecified atom stereocenters. The van der Waals surface area contributed by atoms with Crippen molar-refractivity contribution >= 4 is 15.7 Å². The lowest BCUT2D eigenvalue weighted by atomic mass is 10.2. The molecule has 21 heavy (non-hydrogen) atoms.